The molecule has 1 fully saturated rings. The zero-order valence-electron chi connectivity index (χ0n) is 14.6. The molecule has 0 radical (unpaired) electrons. The quantitative estimate of drug-likeness (QED) is 0.307. The Hall–Kier alpha value is -3.69. The number of hydrogen-bond acceptors (Lipinski definition) is 8. The zero-order valence-corrected chi connectivity index (χ0v) is 14.6. The molecule has 0 bridgehead atoms. The number of anilines is 1. The van der Waals surface area contributed by atoms with Gasteiger partial charge in [0.1, 0.15) is 24.6 Å². The molecular weight excluding hydrogens is 364 g/mol. The van der Waals surface area contributed by atoms with E-state index < -0.39 is 18.1 Å². The lowest BCUT2D eigenvalue weighted by molar-refractivity contribution is 0.0130. The second kappa shape index (κ2) is 7.51. The molecule has 0 spiro atoms. The van der Waals surface area contributed by atoms with Gasteiger partial charge in [0.25, 0.3) is 0 Å². The van der Waals surface area contributed by atoms with Gasteiger partial charge in [-0.3, -0.25) is 0 Å². The van der Waals surface area contributed by atoms with Crippen LogP contribution in [0.5, 0.6) is 0 Å². The van der Waals surface area contributed by atoms with E-state index in [4.69, 9.17) is 20.7 Å². The van der Waals surface area contributed by atoms with Crippen molar-refractivity contribution in [1.29, 1.82) is 0 Å². The molecular formula is C17H16N8O3. The molecule has 1 aromatic carbocycles. The summed E-state index contributed by atoms with van der Waals surface area (Å²) in [5.41, 5.74) is 16.2. The van der Waals surface area contributed by atoms with Crippen LogP contribution in [0.3, 0.4) is 0 Å². The fourth-order valence-corrected chi connectivity index (χ4v) is 3.20. The second-order valence-corrected chi connectivity index (χ2v) is 6.18. The van der Waals surface area contributed by atoms with E-state index in [1.54, 1.807) is 35.2 Å². The van der Waals surface area contributed by atoms with Gasteiger partial charge in [0.15, 0.2) is 11.5 Å². The van der Waals surface area contributed by atoms with Crippen molar-refractivity contribution < 1.29 is 14.3 Å². The van der Waals surface area contributed by atoms with Gasteiger partial charge in [-0.2, -0.15) is 0 Å². The van der Waals surface area contributed by atoms with E-state index in [-0.39, 0.29) is 25.1 Å². The zero-order chi connectivity index (χ0) is 19.5. The van der Waals surface area contributed by atoms with Crippen LogP contribution in [0.4, 0.5) is 5.82 Å². The largest absolute Gasteiger partial charge is 0.459 e. The van der Waals surface area contributed by atoms with Gasteiger partial charge in [-0.15, -0.1) is 0 Å². The summed E-state index contributed by atoms with van der Waals surface area (Å²) in [5.74, 6) is -0.211. The van der Waals surface area contributed by atoms with Crippen molar-refractivity contribution in [2.45, 2.75) is 18.2 Å². The molecule has 0 amide bonds. The number of carbonyl (C=O) groups is 1. The summed E-state index contributed by atoms with van der Waals surface area (Å²) < 4.78 is 12.8. The lowest BCUT2D eigenvalue weighted by Crippen LogP contribution is -2.31. The third-order valence-corrected chi connectivity index (χ3v) is 4.57. The van der Waals surface area contributed by atoms with Gasteiger partial charge in [-0.1, -0.05) is 23.3 Å². The highest BCUT2D eigenvalue weighted by atomic mass is 16.6. The van der Waals surface area contributed by atoms with Gasteiger partial charge in [-0.05, 0) is 17.7 Å². The third kappa shape index (κ3) is 3.20. The van der Waals surface area contributed by atoms with Gasteiger partial charge in [0.05, 0.1) is 30.6 Å². The van der Waals surface area contributed by atoms with Crippen LogP contribution in [0, 0.1) is 0 Å². The van der Waals surface area contributed by atoms with Crippen molar-refractivity contribution in [3.05, 3.63) is 59.0 Å². The van der Waals surface area contributed by atoms with Crippen LogP contribution in [-0.2, 0) is 9.47 Å². The molecule has 0 unspecified atom stereocenters. The van der Waals surface area contributed by atoms with E-state index in [0.29, 0.717) is 16.7 Å². The second-order valence-electron chi connectivity index (χ2n) is 6.18. The SMILES string of the molecule is [N-]=[N+]=N[C@H]1[C@H](n2cnc3c(N)ncnc32)CO[C@@H]1COC(=O)c1ccccc1. The molecule has 1 aliphatic heterocycles. The van der Waals surface area contributed by atoms with Crippen LogP contribution in [0.25, 0.3) is 21.6 Å². The summed E-state index contributed by atoms with van der Waals surface area (Å²) in [5, 5.41) is 3.86. The van der Waals surface area contributed by atoms with Gasteiger partial charge in [-0.25, -0.2) is 19.7 Å². The number of nitrogens with zero attached hydrogens (tertiary/aromatic N) is 7. The molecule has 2 N–H and O–H groups in total. The van der Waals surface area contributed by atoms with Crippen LogP contribution in [0.2, 0.25) is 0 Å². The number of hydrogen-bond donors (Lipinski definition) is 1. The maximum atomic E-state index is 12.2. The molecule has 11 nitrogen and oxygen atoms in total. The van der Waals surface area contributed by atoms with Crippen molar-refractivity contribution in [1.82, 2.24) is 19.5 Å². The Balaban J connectivity index is 1.53. The predicted molar refractivity (Wildman–Crippen MR) is 98.2 cm³/mol. The Morgan fingerprint density at radius 3 is 2.96 bits per heavy atom. The molecule has 2 aromatic heterocycles. The van der Waals surface area contributed by atoms with Crippen LogP contribution >= 0.6 is 0 Å². The highest BCUT2D eigenvalue weighted by Crippen LogP contribution is 2.31. The van der Waals surface area contributed by atoms with E-state index in [9.17, 15) is 4.79 Å². The van der Waals surface area contributed by atoms with E-state index in [1.807, 2.05) is 6.07 Å². The first kappa shape index (κ1) is 17.7. The summed E-state index contributed by atoms with van der Waals surface area (Å²) in [4.78, 5) is 27.4. The summed E-state index contributed by atoms with van der Waals surface area (Å²) in [6.07, 6.45) is 2.31. The van der Waals surface area contributed by atoms with Gasteiger partial charge in [0.2, 0.25) is 0 Å². The number of nitrogen functional groups attached to an aromatic ring is 1. The fraction of sp³-hybridized carbons (Fsp3) is 0.294. The van der Waals surface area contributed by atoms with Crippen LogP contribution in [0.1, 0.15) is 16.4 Å². The Labute approximate surface area is 158 Å². The molecule has 142 valence electrons. The fourth-order valence-electron chi connectivity index (χ4n) is 3.20. The summed E-state index contributed by atoms with van der Waals surface area (Å²) in [6.45, 7) is 0.199. The molecule has 0 saturated carbocycles. The van der Waals surface area contributed by atoms with E-state index in [1.165, 1.54) is 6.33 Å². The van der Waals surface area contributed by atoms with Gasteiger partial charge < -0.3 is 19.8 Å². The Kier molecular flexibility index (Phi) is 4.75. The summed E-state index contributed by atoms with van der Waals surface area (Å²) >= 11 is 0. The van der Waals surface area contributed by atoms with Gasteiger partial charge >= 0.3 is 5.97 Å². The minimum absolute atomic E-state index is 0.0440. The molecule has 11 heteroatoms. The molecule has 3 heterocycles. The highest BCUT2D eigenvalue weighted by Gasteiger charge is 2.39. The molecule has 28 heavy (non-hydrogen) atoms. The minimum atomic E-state index is -0.609. The molecule has 4 rings (SSSR count). The van der Waals surface area contributed by atoms with Crippen LogP contribution < -0.4 is 5.73 Å². The van der Waals surface area contributed by atoms with Crippen molar-refractivity contribution in [2.75, 3.05) is 18.9 Å². The molecule has 3 aromatic rings. The van der Waals surface area contributed by atoms with Crippen molar-refractivity contribution in [3.63, 3.8) is 0 Å². The number of rotatable bonds is 5. The van der Waals surface area contributed by atoms with Crippen LogP contribution in [-0.4, -0.2) is 50.8 Å². The number of fused-ring (bicyclic) bond motifs is 1. The standard InChI is InChI=1S/C17H16N8O3/c18-15-14-16(21-8-20-15)25(9-22-14)11-6-27-12(13(11)23-24-19)7-28-17(26)10-4-2-1-3-5-10/h1-5,8-9,11-13H,6-7H2,(H2,18,20,21)/t11-,12-,13+/m1/s1. The Morgan fingerprint density at radius 2 is 2.18 bits per heavy atom. The monoisotopic (exact) mass is 380 g/mol. The maximum Gasteiger partial charge on any atom is 0.338 e. The van der Waals surface area contributed by atoms with Crippen molar-refractivity contribution in [2.24, 2.45) is 5.11 Å². The number of carbonyl (C=O) groups excluding carboxylic acids is 1. The number of imidazole rings is 1. The number of azide groups is 1. The van der Waals surface area contributed by atoms with Crippen molar-refractivity contribution >= 4 is 23.0 Å². The molecule has 1 aliphatic rings. The highest BCUT2D eigenvalue weighted by molar-refractivity contribution is 5.89. The van der Waals surface area contributed by atoms with Crippen molar-refractivity contribution in [3.8, 4) is 0 Å². The lowest BCUT2D eigenvalue weighted by Gasteiger charge is -2.19. The average molecular weight is 380 g/mol. The Bertz CT molecular complexity index is 1050. The van der Waals surface area contributed by atoms with E-state index in [2.05, 4.69) is 25.0 Å². The first-order chi connectivity index (χ1) is 13.7. The number of nitrogens with two attached hydrogens (primary N) is 1. The maximum absolute atomic E-state index is 12.2. The summed E-state index contributed by atoms with van der Waals surface area (Å²) in [7, 11) is 0. The van der Waals surface area contributed by atoms with Gasteiger partial charge in [0, 0.05) is 4.91 Å². The lowest BCUT2D eigenvalue weighted by atomic mass is 10.1. The topological polar surface area (TPSA) is 154 Å². The molecule has 0 aliphatic carbocycles. The number of esters is 1. The normalized spacial score (nSPS) is 21.4. The van der Waals surface area contributed by atoms with E-state index in [0.717, 1.165) is 0 Å². The number of aromatic nitrogens is 4. The first-order valence-corrected chi connectivity index (χ1v) is 8.50. The average Bonchev–Trinajstić information content (AvgIpc) is 3.32. The summed E-state index contributed by atoms with van der Waals surface area (Å²) in [6, 6.07) is 7.65. The number of ether oxygens (including phenoxy) is 2. The third-order valence-electron chi connectivity index (χ3n) is 4.57. The predicted octanol–water partition coefficient (Wildman–Crippen LogP) is 1.88. The number of benzene rings is 1. The first-order valence-electron chi connectivity index (χ1n) is 8.50. The smallest absolute Gasteiger partial charge is 0.338 e. The Morgan fingerprint density at radius 1 is 1.36 bits per heavy atom. The molecule has 3 atom stereocenters. The van der Waals surface area contributed by atoms with E-state index >= 15 is 0 Å². The minimum Gasteiger partial charge on any atom is -0.459 e. The molecule has 1 saturated heterocycles. The van der Waals surface area contributed by atoms with Crippen LogP contribution in [0.15, 0.2) is 48.1 Å².